The largest absolute Gasteiger partial charge is 0.435 e. The van der Waals surface area contributed by atoms with E-state index in [1.165, 1.54) is 12.1 Å². The van der Waals surface area contributed by atoms with Crippen molar-refractivity contribution in [2.45, 2.75) is 52.1 Å². The van der Waals surface area contributed by atoms with Gasteiger partial charge in [-0.05, 0) is 63.4 Å². The number of amides is 1. The van der Waals surface area contributed by atoms with E-state index in [0.29, 0.717) is 31.2 Å². The molecule has 0 N–H and O–H groups in total. The van der Waals surface area contributed by atoms with Gasteiger partial charge in [0.2, 0.25) is 5.91 Å². The molecule has 3 rings (SSSR count). The Bertz CT molecular complexity index is 686. The van der Waals surface area contributed by atoms with Crippen LogP contribution >= 0.6 is 0 Å². The number of carbonyl (C=O) groups is 1. The van der Waals surface area contributed by atoms with Crippen molar-refractivity contribution in [3.05, 3.63) is 29.8 Å². The quantitative estimate of drug-likeness (QED) is 0.623. The molecule has 2 aliphatic heterocycles. The SMILES string of the molecule is CC1CN(CC2CCN(CC(=O)N(C)Cc3ccc(OC(F)F)cc3)CC2)CC(C)O1. The summed E-state index contributed by atoms with van der Waals surface area (Å²) in [7, 11) is 1.78. The van der Waals surface area contributed by atoms with Gasteiger partial charge in [0, 0.05) is 33.2 Å². The molecule has 0 aliphatic carbocycles. The van der Waals surface area contributed by atoms with Crippen molar-refractivity contribution < 1.29 is 23.0 Å². The lowest BCUT2D eigenvalue weighted by Gasteiger charge is -2.39. The zero-order valence-electron chi connectivity index (χ0n) is 18.8. The number of nitrogens with zero attached hydrogens (tertiary/aromatic N) is 3. The van der Waals surface area contributed by atoms with Gasteiger partial charge in [-0.3, -0.25) is 14.6 Å². The number of morpholine rings is 1. The maximum atomic E-state index is 12.6. The summed E-state index contributed by atoms with van der Waals surface area (Å²) in [5, 5.41) is 0. The van der Waals surface area contributed by atoms with Gasteiger partial charge in [-0.1, -0.05) is 12.1 Å². The predicted molar refractivity (Wildman–Crippen MR) is 115 cm³/mol. The number of carbonyl (C=O) groups excluding carboxylic acids is 1. The van der Waals surface area contributed by atoms with E-state index in [1.807, 2.05) is 0 Å². The molecule has 174 valence electrons. The Hall–Kier alpha value is -1.77. The van der Waals surface area contributed by atoms with E-state index in [2.05, 4.69) is 28.4 Å². The Kier molecular flexibility index (Phi) is 8.63. The average Bonchev–Trinajstić information content (AvgIpc) is 2.69. The summed E-state index contributed by atoms with van der Waals surface area (Å²) < 4.78 is 34.7. The molecular formula is C23H35F2N3O3. The second kappa shape index (κ2) is 11.2. The Labute approximate surface area is 184 Å². The van der Waals surface area contributed by atoms with E-state index in [0.717, 1.165) is 51.1 Å². The molecule has 1 aromatic rings. The molecule has 2 fully saturated rings. The first-order chi connectivity index (χ1) is 14.8. The number of rotatable bonds is 8. The molecule has 1 amide bonds. The molecule has 0 spiro atoms. The van der Waals surface area contributed by atoms with E-state index in [-0.39, 0.29) is 11.7 Å². The second-order valence-corrected chi connectivity index (χ2v) is 8.97. The first kappa shape index (κ1) is 23.9. The van der Waals surface area contributed by atoms with Crippen LogP contribution in [0.5, 0.6) is 5.75 Å². The zero-order chi connectivity index (χ0) is 22.4. The molecule has 2 unspecified atom stereocenters. The van der Waals surface area contributed by atoms with Crippen molar-refractivity contribution in [1.29, 1.82) is 0 Å². The van der Waals surface area contributed by atoms with Gasteiger partial charge in [0.25, 0.3) is 0 Å². The average molecular weight is 440 g/mol. The van der Waals surface area contributed by atoms with E-state index >= 15 is 0 Å². The van der Waals surface area contributed by atoms with Crippen molar-refractivity contribution in [3.63, 3.8) is 0 Å². The predicted octanol–water partition coefficient (Wildman–Crippen LogP) is 3.07. The summed E-state index contributed by atoms with van der Waals surface area (Å²) in [5.74, 6) is 0.870. The first-order valence-electron chi connectivity index (χ1n) is 11.2. The third kappa shape index (κ3) is 7.70. The van der Waals surface area contributed by atoms with Gasteiger partial charge in [0.05, 0.1) is 18.8 Å². The lowest BCUT2D eigenvalue weighted by molar-refractivity contribution is -0.132. The van der Waals surface area contributed by atoms with Crippen molar-refractivity contribution in [3.8, 4) is 5.75 Å². The lowest BCUT2D eigenvalue weighted by atomic mass is 9.95. The molecule has 2 atom stereocenters. The molecule has 31 heavy (non-hydrogen) atoms. The zero-order valence-corrected chi connectivity index (χ0v) is 18.8. The molecule has 0 aromatic heterocycles. The number of halogens is 2. The normalized spacial score (nSPS) is 23.8. The van der Waals surface area contributed by atoms with Gasteiger partial charge < -0.3 is 14.4 Å². The van der Waals surface area contributed by atoms with Crippen molar-refractivity contribution in [2.75, 3.05) is 46.3 Å². The molecule has 8 heteroatoms. The Morgan fingerprint density at radius 1 is 1.13 bits per heavy atom. The minimum absolute atomic E-state index is 0.0715. The minimum atomic E-state index is -2.83. The smallest absolute Gasteiger partial charge is 0.387 e. The third-order valence-corrected chi connectivity index (χ3v) is 6.07. The Morgan fingerprint density at radius 3 is 2.32 bits per heavy atom. The maximum absolute atomic E-state index is 12.6. The van der Waals surface area contributed by atoms with Crippen LogP contribution in [0.15, 0.2) is 24.3 Å². The number of alkyl halides is 2. The topological polar surface area (TPSA) is 45.2 Å². The summed E-state index contributed by atoms with van der Waals surface area (Å²) in [5.41, 5.74) is 0.880. The van der Waals surface area contributed by atoms with E-state index in [1.54, 1.807) is 24.1 Å². The lowest BCUT2D eigenvalue weighted by Crippen LogP contribution is -2.49. The summed E-state index contributed by atoms with van der Waals surface area (Å²) in [6.07, 6.45) is 2.82. The standard InChI is InChI=1S/C23H35F2N3O3/c1-17-12-28(13-18(2)30-17)15-20-8-10-27(11-9-20)16-22(29)26(3)14-19-4-6-21(7-5-19)31-23(24)25/h4-7,17-18,20,23H,8-16H2,1-3H3. The van der Waals surface area contributed by atoms with Crippen LogP contribution in [0.1, 0.15) is 32.3 Å². The first-order valence-corrected chi connectivity index (χ1v) is 11.2. The highest BCUT2D eigenvalue weighted by Crippen LogP contribution is 2.21. The van der Waals surface area contributed by atoms with Gasteiger partial charge >= 0.3 is 6.61 Å². The number of likely N-dealkylation sites (tertiary alicyclic amines) is 1. The molecule has 2 heterocycles. The molecule has 2 aliphatic rings. The highest BCUT2D eigenvalue weighted by molar-refractivity contribution is 5.78. The van der Waals surface area contributed by atoms with Crippen LogP contribution < -0.4 is 4.74 Å². The van der Waals surface area contributed by atoms with Crippen molar-refractivity contribution >= 4 is 5.91 Å². The number of hydrogen-bond acceptors (Lipinski definition) is 5. The van der Waals surface area contributed by atoms with Crippen molar-refractivity contribution in [1.82, 2.24) is 14.7 Å². The number of likely N-dealkylation sites (N-methyl/N-ethyl adjacent to an activating group) is 1. The molecular weight excluding hydrogens is 404 g/mol. The highest BCUT2D eigenvalue weighted by Gasteiger charge is 2.27. The Balaban J connectivity index is 1.38. The maximum Gasteiger partial charge on any atom is 0.387 e. The van der Waals surface area contributed by atoms with Crippen LogP contribution in [-0.2, 0) is 16.1 Å². The highest BCUT2D eigenvalue weighted by atomic mass is 19.3. The molecule has 0 radical (unpaired) electrons. The number of hydrogen-bond donors (Lipinski definition) is 0. The number of ether oxygens (including phenoxy) is 2. The van der Waals surface area contributed by atoms with Crippen LogP contribution in [0.2, 0.25) is 0 Å². The van der Waals surface area contributed by atoms with E-state index in [9.17, 15) is 13.6 Å². The fourth-order valence-corrected chi connectivity index (χ4v) is 4.58. The fourth-order valence-electron chi connectivity index (χ4n) is 4.58. The molecule has 0 bridgehead atoms. The van der Waals surface area contributed by atoms with Crippen LogP contribution in [0.3, 0.4) is 0 Å². The van der Waals surface area contributed by atoms with Crippen LogP contribution in [0.4, 0.5) is 8.78 Å². The summed E-state index contributed by atoms with van der Waals surface area (Å²) in [6.45, 7) is 7.31. The Morgan fingerprint density at radius 2 is 1.74 bits per heavy atom. The van der Waals surface area contributed by atoms with Crippen LogP contribution in [0, 0.1) is 5.92 Å². The molecule has 2 saturated heterocycles. The monoisotopic (exact) mass is 439 g/mol. The third-order valence-electron chi connectivity index (χ3n) is 6.07. The van der Waals surface area contributed by atoms with E-state index < -0.39 is 6.61 Å². The van der Waals surface area contributed by atoms with E-state index in [4.69, 9.17) is 4.74 Å². The number of piperidine rings is 1. The molecule has 0 saturated carbocycles. The van der Waals surface area contributed by atoms with Gasteiger partial charge in [-0.2, -0.15) is 8.78 Å². The van der Waals surface area contributed by atoms with Crippen LogP contribution in [-0.4, -0.2) is 85.7 Å². The minimum Gasteiger partial charge on any atom is -0.435 e. The molecule has 1 aromatic carbocycles. The molecule has 6 nitrogen and oxygen atoms in total. The fraction of sp³-hybridized carbons (Fsp3) is 0.696. The number of benzene rings is 1. The summed E-state index contributed by atoms with van der Waals surface area (Å²) >= 11 is 0. The van der Waals surface area contributed by atoms with Gasteiger partial charge in [-0.25, -0.2) is 0 Å². The van der Waals surface area contributed by atoms with Gasteiger partial charge in [0.15, 0.2) is 0 Å². The summed E-state index contributed by atoms with van der Waals surface area (Å²) in [4.78, 5) is 19.1. The van der Waals surface area contributed by atoms with Gasteiger partial charge in [-0.15, -0.1) is 0 Å². The second-order valence-electron chi connectivity index (χ2n) is 8.97. The van der Waals surface area contributed by atoms with Gasteiger partial charge in [0.1, 0.15) is 5.75 Å². The summed E-state index contributed by atoms with van der Waals surface area (Å²) in [6, 6.07) is 6.42. The van der Waals surface area contributed by atoms with Crippen molar-refractivity contribution in [2.24, 2.45) is 5.92 Å². The van der Waals surface area contributed by atoms with Crippen LogP contribution in [0.25, 0.3) is 0 Å².